The number of para-hydroxylation sites is 1. The Bertz CT molecular complexity index is 1130. The van der Waals surface area contributed by atoms with Crippen molar-refractivity contribution in [2.75, 3.05) is 23.5 Å². The van der Waals surface area contributed by atoms with Gasteiger partial charge in [0.1, 0.15) is 12.0 Å². The van der Waals surface area contributed by atoms with E-state index in [4.69, 9.17) is 9.84 Å². The van der Waals surface area contributed by atoms with Crippen molar-refractivity contribution in [3.63, 3.8) is 0 Å². The summed E-state index contributed by atoms with van der Waals surface area (Å²) >= 11 is 1.30. The number of hydrogen-bond donors (Lipinski definition) is 1. The molecule has 0 amide bonds. The fourth-order valence-corrected chi connectivity index (χ4v) is 6.64. The van der Waals surface area contributed by atoms with Crippen molar-refractivity contribution in [1.82, 2.24) is 0 Å². The molecular formula is C23H26FNO5S2. The van der Waals surface area contributed by atoms with Gasteiger partial charge in [0.25, 0.3) is 0 Å². The van der Waals surface area contributed by atoms with Gasteiger partial charge < -0.3 is 14.7 Å². The van der Waals surface area contributed by atoms with Gasteiger partial charge in [-0.15, -0.1) is 11.8 Å². The van der Waals surface area contributed by atoms with E-state index >= 15 is 0 Å². The van der Waals surface area contributed by atoms with Gasteiger partial charge in [-0.3, -0.25) is 0 Å². The zero-order valence-corrected chi connectivity index (χ0v) is 19.8. The number of carboxylic acids is 1. The van der Waals surface area contributed by atoms with E-state index in [9.17, 15) is 17.6 Å². The first-order valence-electron chi connectivity index (χ1n) is 10.2. The summed E-state index contributed by atoms with van der Waals surface area (Å²) in [5.74, 6) is -3.17. The number of hydrogen-bond acceptors (Lipinski definition) is 6. The lowest BCUT2D eigenvalue weighted by atomic mass is 9.83. The predicted molar refractivity (Wildman–Crippen MR) is 124 cm³/mol. The van der Waals surface area contributed by atoms with Crippen LogP contribution < -0.4 is 9.64 Å². The Hall–Kier alpha value is -2.52. The van der Waals surface area contributed by atoms with Crippen molar-refractivity contribution < 1.29 is 27.4 Å². The standard InChI is InChI=1S/C23H26FNO5S2/c1-4-23(5-2)14-25(16-9-7-6-8-10-16)18-11-20(31-3)19(30-13-17(24)22(26)27)12-21(18)32(28,29)15-23/h6-13H,4-5,14-15H2,1-3H3,(H,26,27)/b17-13-. The molecule has 1 aliphatic heterocycles. The highest BCUT2D eigenvalue weighted by Crippen LogP contribution is 2.46. The number of aliphatic carboxylic acids is 1. The third-order valence-electron chi connectivity index (χ3n) is 5.92. The normalized spacial score (nSPS) is 17.4. The lowest BCUT2D eigenvalue weighted by molar-refractivity contribution is -0.134. The van der Waals surface area contributed by atoms with Crippen LogP contribution in [0.5, 0.6) is 5.75 Å². The molecule has 2 aromatic rings. The second-order valence-corrected chi connectivity index (χ2v) is 10.6. The fourth-order valence-electron chi connectivity index (χ4n) is 3.87. The highest BCUT2D eigenvalue weighted by atomic mass is 32.2. The minimum absolute atomic E-state index is 0.0271. The quantitative estimate of drug-likeness (QED) is 0.323. The average molecular weight is 480 g/mol. The number of thioether (sulfide) groups is 1. The number of nitrogens with zero attached hydrogens (tertiary/aromatic N) is 1. The van der Waals surface area contributed by atoms with Crippen LogP contribution in [0.25, 0.3) is 0 Å². The molecule has 0 spiro atoms. The summed E-state index contributed by atoms with van der Waals surface area (Å²) in [6, 6.07) is 12.7. The molecule has 0 bridgehead atoms. The SMILES string of the molecule is CCC1(CC)CN(c2ccccc2)c2cc(SC)c(O/C=C(\F)C(=O)O)cc2S(=O)(=O)C1. The molecule has 0 fully saturated rings. The van der Waals surface area contributed by atoms with Gasteiger partial charge in [0.05, 0.1) is 21.2 Å². The van der Waals surface area contributed by atoms with Gasteiger partial charge in [-0.25, -0.2) is 13.2 Å². The molecule has 0 saturated heterocycles. The molecule has 0 saturated carbocycles. The van der Waals surface area contributed by atoms with Gasteiger partial charge in [0, 0.05) is 23.7 Å². The smallest absolute Gasteiger partial charge is 0.368 e. The van der Waals surface area contributed by atoms with E-state index in [1.54, 1.807) is 12.3 Å². The van der Waals surface area contributed by atoms with Crippen molar-refractivity contribution in [2.45, 2.75) is 36.5 Å². The highest BCUT2D eigenvalue weighted by Gasteiger charge is 2.41. The van der Waals surface area contributed by atoms with E-state index in [1.165, 1.54) is 17.8 Å². The topological polar surface area (TPSA) is 83.9 Å². The van der Waals surface area contributed by atoms with Gasteiger partial charge in [-0.05, 0) is 37.3 Å². The molecule has 3 rings (SSSR count). The zero-order chi connectivity index (χ0) is 23.5. The number of fused-ring (bicyclic) bond motifs is 1. The third kappa shape index (κ3) is 4.78. The van der Waals surface area contributed by atoms with Crippen LogP contribution in [-0.4, -0.2) is 38.0 Å². The van der Waals surface area contributed by atoms with E-state index in [-0.39, 0.29) is 16.4 Å². The first-order chi connectivity index (χ1) is 15.2. The third-order valence-corrected chi connectivity index (χ3v) is 8.67. The Morgan fingerprint density at radius 1 is 1.25 bits per heavy atom. The van der Waals surface area contributed by atoms with Crippen LogP contribution in [0.15, 0.2) is 64.3 Å². The number of halogens is 1. The van der Waals surface area contributed by atoms with Gasteiger partial charge in [-0.1, -0.05) is 32.0 Å². The van der Waals surface area contributed by atoms with Crippen LogP contribution >= 0.6 is 11.8 Å². The monoisotopic (exact) mass is 479 g/mol. The second kappa shape index (κ2) is 9.54. The summed E-state index contributed by atoms with van der Waals surface area (Å²) in [5, 5.41) is 8.74. The summed E-state index contributed by atoms with van der Waals surface area (Å²) < 4.78 is 45.8. The molecule has 172 valence electrons. The number of anilines is 2. The number of ether oxygens (including phenoxy) is 1. The van der Waals surface area contributed by atoms with Crippen molar-refractivity contribution in [2.24, 2.45) is 5.41 Å². The van der Waals surface area contributed by atoms with Gasteiger partial charge in [-0.2, -0.15) is 4.39 Å². The Morgan fingerprint density at radius 3 is 2.47 bits per heavy atom. The summed E-state index contributed by atoms with van der Waals surface area (Å²) in [6.07, 6.45) is 3.63. The average Bonchev–Trinajstić information content (AvgIpc) is 2.89. The summed E-state index contributed by atoms with van der Waals surface area (Å²) in [7, 11) is -3.72. The molecule has 0 atom stereocenters. The number of benzene rings is 2. The first-order valence-corrected chi connectivity index (χ1v) is 13.1. The zero-order valence-electron chi connectivity index (χ0n) is 18.2. The van der Waals surface area contributed by atoms with Crippen LogP contribution in [-0.2, 0) is 14.6 Å². The van der Waals surface area contributed by atoms with Crippen molar-refractivity contribution in [1.29, 1.82) is 0 Å². The van der Waals surface area contributed by atoms with Gasteiger partial charge in [0.2, 0.25) is 5.83 Å². The first kappa shape index (κ1) is 24.1. The van der Waals surface area contributed by atoms with Crippen LogP contribution in [0, 0.1) is 5.41 Å². The van der Waals surface area contributed by atoms with E-state index in [0.717, 1.165) is 5.69 Å². The fraction of sp³-hybridized carbons (Fsp3) is 0.348. The minimum atomic E-state index is -3.72. The van der Waals surface area contributed by atoms with Crippen molar-refractivity contribution >= 4 is 38.9 Å². The maximum absolute atomic E-state index is 13.5. The molecule has 2 aromatic carbocycles. The van der Waals surface area contributed by atoms with Crippen LogP contribution in [0.4, 0.5) is 15.8 Å². The van der Waals surface area contributed by atoms with Crippen LogP contribution in [0.3, 0.4) is 0 Å². The summed E-state index contributed by atoms with van der Waals surface area (Å²) in [6.45, 7) is 4.52. The van der Waals surface area contributed by atoms with Crippen LogP contribution in [0.2, 0.25) is 0 Å². The summed E-state index contributed by atoms with van der Waals surface area (Å²) in [5.41, 5.74) is 0.942. The van der Waals surface area contributed by atoms with E-state index in [0.29, 0.717) is 36.2 Å². The molecule has 9 heteroatoms. The number of rotatable bonds is 7. The molecule has 1 heterocycles. The highest BCUT2D eigenvalue weighted by molar-refractivity contribution is 7.98. The van der Waals surface area contributed by atoms with Crippen molar-refractivity contribution in [3.8, 4) is 5.75 Å². The molecule has 1 aliphatic rings. The van der Waals surface area contributed by atoms with Crippen molar-refractivity contribution in [3.05, 3.63) is 54.6 Å². The molecular weight excluding hydrogens is 453 g/mol. The van der Waals surface area contributed by atoms with E-state index in [1.807, 2.05) is 49.1 Å². The lowest BCUT2D eigenvalue weighted by Gasteiger charge is -2.35. The Balaban J connectivity index is 2.25. The van der Waals surface area contributed by atoms with Crippen LogP contribution in [0.1, 0.15) is 26.7 Å². The van der Waals surface area contributed by atoms with E-state index in [2.05, 4.69) is 0 Å². The lowest BCUT2D eigenvalue weighted by Crippen LogP contribution is -2.37. The maximum Gasteiger partial charge on any atom is 0.368 e. The number of sulfone groups is 1. The van der Waals surface area contributed by atoms with Gasteiger partial charge >= 0.3 is 5.97 Å². The maximum atomic E-state index is 13.5. The number of carboxylic acid groups (broad SMARTS) is 1. The Morgan fingerprint density at radius 2 is 1.91 bits per heavy atom. The van der Waals surface area contributed by atoms with Gasteiger partial charge in [0.15, 0.2) is 9.84 Å². The van der Waals surface area contributed by atoms with E-state index < -0.39 is 27.0 Å². The summed E-state index contributed by atoms with van der Waals surface area (Å²) in [4.78, 5) is 13.4. The largest absolute Gasteiger partial charge is 0.476 e. The number of carbonyl (C=O) groups is 1. The molecule has 32 heavy (non-hydrogen) atoms. The molecule has 0 aliphatic carbocycles. The Kier molecular flexibility index (Phi) is 7.19. The molecule has 0 radical (unpaired) electrons. The molecule has 1 N–H and O–H groups in total. The minimum Gasteiger partial charge on any atom is -0.476 e. The molecule has 6 nitrogen and oxygen atoms in total. The molecule has 0 aromatic heterocycles. The Labute approximate surface area is 192 Å². The predicted octanol–water partition coefficient (Wildman–Crippen LogP) is 5.41. The second-order valence-electron chi connectivity index (χ2n) is 7.75. The molecule has 0 unspecified atom stereocenters.